The molecule has 0 aromatic heterocycles. The van der Waals surface area contributed by atoms with Crippen LogP contribution in [-0.2, 0) is 19.1 Å². The lowest BCUT2D eigenvalue weighted by Gasteiger charge is -2.22. The van der Waals surface area contributed by atoms with Gasteiger partial charge in [-0.05, 0) is 25.3 Å². The number of amides is 2. The van der Waals surface area contributed by atoms with Crippen LogP contribution < -0.4 is 10.6 Å². The molecule has 1 aliphatic carbocycles. The maximum absolute atomic E-state index is 12.0. The van der Waals surface area contributed by atoms with E-state index in [-0.39, 0.29) is 18.7 Å². The molecule has 1 spiro atoms. The molecule has 24 heavy (non-hydrogen) atoms. The second-order valence-corrected chi connectivity index (χ2v) is 6.48. The third kappa shape index (κ3) is 3.94. The van der Waals surface area contributed by atoms with Crippen LogP contribution in [0.1, 0.15) is 44.2 Å². The van der Waals surface area contributed by atoms with Gasteiger partial charge in [-0.1, -0.05) is 30.3 Å². The van der Waals surface area contributed by atoms with E-state index in [1.165, 1.54) is 0 Å². The van der Waals surface area contributed by atoms with Gasteiger partial charge in [0.1, 0.15) is 6.10 Å². The fourth-order valence-corrected chi connectivity index (χ4v) is 3.27. The van der Waals surface area contributed by atoms with Crippen molar-refractivity contribution in [1.29, 1.82) is 0 Å². The number of carbonyl (C=O) groups is 2. The minimum absolute atomic E-state index is 0.189. The smallest absolute Gasteiger partial charge is 0.309 e. The van der Waals surface area contributed by atoms with E-state index in [1.54, 1.807) is 0 Å². The quantitative estimate of drug-likeness (QED) is 0.822. The lowest BCUT2D eigenvalue weighted by Crippen LogP contribution is -2.44. The number of hydrogen-bond acceptors (Lipinski definition) is 4. The van der Waals surface area contributed by atoms with E-state index in [2.05, 4.69) is 10.6 Å². The molecule has 1 heterocycles. The summed E-state index contributed by atoms with van der Waals surface area (Å²) in [7, 11) is 0. The Morgan fingerprint density at radius 1 is 1.21 bits per heavy atom. The summed E-state index contributed by atoms with van der Waals surface area (Å²) in [5, 5.41) is 5.33. The highest BCUT2D eigenvalue weighted by Gasteiger charge is 2.43. The van der Waals surface area contributed by atoms with E-state index in [4.69, 9.17) is 9.47 Å². The molecule has 0 bridgehead atoms. The monoisotopic (exact) mass is 332 g/mol. The van der Waals surface area contributed by atoms with Crippen LogP contribution in [0.25, 0.3) is 0 Å². The summed E-state index contributed by atoms with van der Waals surface area (Å²) in [4.78, 5) is 23.9. The van der Waals surface area contributed by atoms with E-state index < -0.39 is 17.6 Å². The fourth-order valence-electron chi connectivity index (χ4n) is 3.27. The van der Waals surface area contributed by atoms with Crippen molar-refractivity contribution in [2.45, 2.75) is 50.5 Å². The average molecular weight is 332 g/mol. The van der Waals surface area contributed by atoms with Crippen LogP contribution in [0, 0.1) is 0 Å². The summed E-state index contributed by atoms with van der Waals surface area (Å²) in [6, 6.07) is 9.30. The summed E-state index contributed by atoms with van der Waals surface area (Å²) in [5.74, 6) is -1.73. The van der Waals surface area contributed by atoms with Crippen molar-refractivity contribution < 1.29 is 19.1 Å². The molecule has 2 amide bonds. The zero-order valence-electron chi connectivity index (χ0n) is 13.9. The Balaban J connectivity index is 1.42. The molecule has 1 aromatic rings. The molecule has 6 nitrogen and oxygen atoms in total. The van der Waals surface area contributed by atoms with E-state index in [0.717, 1.165) is 31.2 Å². The number of nitrogens with one attached hydrogen (secondary N) is 2. The molecule has 2 aliphatic rings. The van der Waals surface area contributed by atoms with Gasteiger partial charge in [0.2, 0.25) is 0 Å². The van der Waals surface area contributed by atoms with Gasteiger partial charge in [-0.2, -0.15) is 0 Å². The molecular formula is C18H24N2O4. The molecule has 2 N–H and O–H groups in total. The van der Waals surface area contributed by atoms with E-state index in [1.807, 2.05) is 37.3 Å². The largest absolute Gasteiger partial charge is 0.347 e. The Kier molecular flexibility index (Phi) is 5.16. The molecule has 1 aliphatic heterocycles. The van der Waals surface area contributed by atoms with Gasteiger partial charge in [0, 0.05) is 19.4 Å². The van der Waals surface area contributed by atoms with E-state index in [9.17, 15) is 9.59 Å². The molecule has 0 radical (unpaired) electrons. The van der Waals surface area contributed by atoms with Gasteiger partial charge in [0.15, 0.2) is 5.79 Å². The Labute approximate surface area is 141 Å². The Morgan fingerprint density at radius 3 is 2.62 bits per heavy atom. The van der Waals surface area contributed by atoms with Gasteiger partial charge < -0.3 is 20.1 Å². The standard InChI is InChI=1S/C18H24N2O4/c1-13(14-7-3-2-4-8-14)20-17(22)16(21)19-11-15-12-23-18(24-15)9-5-6-10-18/h2-4,7-8,13,15H,5-6,9-12H2,1H3,(H,19,21)(H,20,22)/t13-,15+/m1/s1. The third-order valence-electron chi connectivity index (χ3n) is 4.62. The van der Waals surface area contributed by atoms with Crippen LogP contribution in [0.15, 0.2) is 30.3 Å². The van der Waals surface area contributed by atoms with Crippen molar-refractivity contribution in [1.82, 2.24) is 10.6 Å². The van der Waals surface area contributed by atoms with E-state index >= 15 is 0 Å². The van der Waals surface area contributed by atoms with Gasteiger partial charge in [-0.25, -0.2) is 0 Å². The first kappa shape index (κ1) is 16.9. The first-order valence-electron chi connectivity index (χ1n) is 8.53. The maximum Gasteiger partial charge on any atom is 0.309 e. The second-order valence-electron chi connectivity index (χ2n) is 6.48. The first-order valence-corrected chi connectivity index (χ1v) is 8.53. The zero-order valence-corrected chi connectivity index (χ0v) is 13.9. The third-order valence-corrected chi connectivity index (χ3v) is 4.62. The predicted octanol–water partition coefficient (Wildman–Crippen LogP) is 1.67. The molecule has 1 aromatic carbocycles. The lowest BCUT2D eigenvalue weighted by molar-refractivity contribution is -0.161. The predicted molar refractivity (Wildman–Crippen MR) is 88.0 cm³/mol. The van der Waals surface area contributed by atoms with Crippen molar-refractivity contribution in [2.24, 2.45) is 0 Å². The Morgan fingerprint density at radius 2 is 1.92 bits per heavy atom. The highest BCUT2D eigenvalue weighted by atomic mass is 16.7. The number of hydrogen-bond donors (Lipinski definition) is 2. The van der Waals surface area contributed by atoms with Crippen LogP contribution in [-0.4, -0.2) is 36.9 Å². The SMILES string of the molecule is C[C@@H](NC(=O)C(=O)NC[C@H]1COC2(CCCC2)O1)c1ccccc1. The van der Waals surface area contributed by atoms with Crippen molar-refractivity contribution >= 4 is 11.8 Å². The fraction of sp³-hybridized carbons (Fsp3) is 0.556. The topological polar surface area (TPSA) is 76.7 Å². The highest BCUT2D eigenvalue weighted by Crippen LogP contribution is 2.38. The molecule has 0 unspecified atom stereocenters. The van der Waals surface area contributed by atoms with Crippen molar-refractivity contribution in [3.8, 4) is 0 Å². The zero-order chi connectivity index (χ0) is 17.0. The summed E-state index contributed by atoms with van der Waals surface area (Å²) in [6.07, 6.45) is 3.85. The van der Waals surface area contributed by atoms with Crippen LogP contribution in [0.4, 0.5) is 0 Å². The average Bonchev–Trinajstić information content (AvgIpc) is 3.23. The molecule has 1 saturated carbocycles. The lowest BCUT2D eigenvalue weighted by atomic mass is 10.1. The van der Waals surface area contributed by atoms with Crippen molar-refractivity contribution in [3.05, 3.63) is 35.9 Å². The van der Waals surface area contributed by atoms with Gasteiger partial charge in [-0.3, -0.25) is 9.59 Å². The minimum Gasteiger partial charge on any atom is -0.347 e. The summed E-state index contributed by atoms with van der Waals surface area (Å²) < 4.78 is 11.7. The summed E-state index contributed by atoms with van der Waals surface area (Å²) in [5.41, 5.74) is 0.953. The molecule has 6 heteroatoms. The molecular weight excluding hydrogens is 308 g/mol. The van der Waals surface area contributed by atoms with Crippen molar-refractivity contribution in [2.75, 3.05) is 13.2 Å². The van der Waals surface area contributed by atoms with Gasteiger partial charge in [-0.15, -0.1) is 0 Å². The van der Waals surface area contributed by atoms with Gasteiger partial charge in [0.25, 0.3) is 0 Å². The number of benzene rings is 1. The highest BCUT2D eigenvalue weighted by molar-refractivity contribution is 6.35. The van der Waals surface area contributed by atoms with Crippen molar-refractivity contribution in [3.63, 3.8) is 0 Å². The first-order chi connectivity index (χ1) is 11.6. The van der Waals surface area contributed by atoms with Crippen LogP contribution in [0.5, 0.6) is 0 Å². The van der Waals surface area contributed by atoms with Gasteiger partial charge >= 0.3 is 11.8 Å². The number of rotatable bonds is 4. The Hall–Kier alpha value is -1.92. The summed E-state index contributed by atoms with van der Waals surface area (Å²) >= 11 is 0. The maximum atomic E-state index is 12.0. The molecule has 130 valence electrons. The minimum atomic E-state index is -0.645. The second kappa shape index (κ2) is 7.32. The molecule has 1 saturated heterocycles. The number of carbonyl (C=O) groups excluding carboxylic acids is 2. The Bertz CT molecular complexity index is 584. The van der Waals surface area contributed by atoms with Crippen LogP contribution in [0.2, 0.25) is 0 Å². The van der Waals surface area contributed by atoms with E-state index in [0.29, 0.717) is 6.61 Å². The van der Waals surface area contributed by atoms with Crippen LogP contribution >= 0.6 is 0 Å². The molecule has 3 rings (SSSR count). The molecule has 2 atom stereocenters. The van der Waals surface area contributed by atoms with Gasteiger partial charge in [0.05, 0.1) is 12.6 Å². The van der Waals surface area contributed by atoms with Crippen LogP contribution in [0.3, 0.4) is 0 Å². The number of ether oxygens (including phenoxy) is 2. The molecule has 2 fully saturated rings. The summed E-state index contributed by atoms with van der Waals surface area (Å²) in [6.45, 7) is 2.59. The normalized spacial score (nSPS) is 23.1.